The summed E-state index contributed by atoms with van der Waals surface area (Å²) in [5.74, 6) is -1.28. The van der Waals surface area contributed by atoms with E-state index < -0.39 is 33.4 Å². The molecule has 0 aliphatic carbocycles. The van der Waals surface area contributed by atoms with E-state index in [1.165, 1.54) is 30.1 Å². The predicted molar refractivity (Wildman–Crippen MR) is 104 cm³/mol. The molecule has 2 aromatic rings. The van der Waals surface area contributed by atoms with Gasteiger partial charge in [-0.25, -0.2) is 8.42 Å². The first kappa shape index (κ1) is 22.2. The summed E-state index contributed by atoms with van der Waals surface area (Å²) in [6.07, 6.45) is -3.53. The number of nitrogens with two attached hydrogens (primary N) is 2. The van der Waals surface area contributed by atoms with Crippen LogP contribution in [-0.4, -0.2) is 33.6 Å². The van der Waals surface area contributed by atoms with Crippen LogP contribution in [0.2, 0.25) is 0 Å². The largest absolute Gasteiger partial charge is 0.416 e. The highest BCUT2D eigenvalue weighted by molar-refractivity contribution is 7.90. The number of anilines is 2. The summed E-state index contributed by atoms with van der Waals surface area (Å²) in [6.45, 7) is 1.56. The van der Waals surface area contributed by atoms with Gasteiger partial charge in [-0.3, -0.25) is 4.79 Å². The first-order valence-electron chi connectivity index (χ1n) is 8.11. The number of nitrogens with zero attached hydrogens (tertiary/aromatic N) is 2. The number of halogens is 3. The predicted octanol–water partition coefficient (Wildman–Crippen LogP) is 2.60. The normalized spacial score (nSPS) is 11.8. The van der Waals surface area contributed by atoms with E-state index in [0.29, 0.717) is 11.3 Å². The average molecular weight is 428 g/mol. The molecule has 7 nitrogen and oxygen atoms in total. The first-order valence-corrected chi connectivity index (χ1v) is 10.0. The fraction of sp³-hybridized carbons (Fsp3) is 0.222. The number of aryl methyl sites for hydroxylation is 1. The molecule has 4 N–H and O–H groups in total. The monoisotopic (exact) mass is 428 g/mol. The molecule has 29 heavy (non-hydrogen) atoms. The maximum Gasteiger partial charge on any atom is 0.416 e. The van der Waals surface area contributed by atoms with Gasteiger partial charge >= 0.3 is 6.18 Å². The van der Waals surface area contributed by atoms with Gasteiger partial charge in [0.2, 0.25) is 0 Å². The third-order valence-electron chi connectivity index (χ3n) is 4.11. The van der Waals surface area contributed by atoms with E-state index in [9.17, 15) is 26.4 Å². The number of alkyl halides is 3. The molecule has 0 radical (unpaired) electrons. The summed E-state index contributed by atoms with van der Waals surface area (Å²) in [6, 6.07) is 6.83. The van der Waals surface area contributed by atoms with Crippen LogP contribution in [-0.2, 0) is 16.0 Å². The Bertz CT molecular complexity index is 1070. The quantitative estimate of drug-likeness (QED) is 0.571. The number of hydrogen-bond donors (Lipinski definition) is 2. The minimum Gasteiger partial charge on any atom is -0.370 e. The van der Waals surface area contributed by atoms with Crippen molar-refractivity contribution in [2.75, 3.05) is 18.2 Å². The first-order chi connectivity index (χ1) is 13.2. The van der Waals surface area contributed by atoms with Crippen LogP contribution in [0, 0.1) is 6.92 Å². The third-order valence-corrected chi connectivity index (χ3v) is 5.24. The number of carbonyl (C=O) groups is 1. The van der Waals surface area contributed by atoms with Crippen molar-refractivity contribution in [2.45, 2.75) is 18.0 Å². The second-order valence-electron chi connectivity index (χ2n) is 6.35. The second-order valence-corrected chi connectivity index (χ2v) is 8.34. The maximum atomic E-state index is 12.8. The lowest BCUT2D eigenvalue weighted by atomic mass is 10.1. The second kappa shape index (κ2) is 7.74. The molecule has 11 heteroatoms. The van der Waals surface area contributed by atoms with Crippen molar-refractivity contribution < 1.29 is 26.4 Å². The molecule has 156 valence electrons. The molecule has 0 spiro atoms. The zero-order valence-electron chi connectivity index (χ0n) is 15.8. The van der Waals surface area contributed by atoms with Gasteiger partial charge in [-0.15, -0.1) is 0 Å². The van der Waals surface area contributed by atoms with E-state index in [1.54, 1.807) is 6.92 Å². The molecule has 0 saturated heterocycles. The highest BCUT2D eigenvalue weighted by atomic mass is 32.2. The van der Waals surface area contributed by atoms with Crippen molar-refractivity contribution in [2.24, 2.45) is 16.5 Å². The molecule has 0 aliphatic rings. The van der Waals surface area contributed by atoms with Gasteiger partial charge in [0.25, 0.3) is 5.91 Å². The molecule has 0 atom stereocenters. The minimum absolute atomic E-state index is 0.0107. The van der Waals surface area contributed by atoms with Gasteiger partial charge in [0, 0.05) is 24.6 Å². The zero-order valence-corrected chi connectivity index (χ0v) is 16.6. The number of rotatable bonds is 4. The van der Waals surface area contributed by atoms with Crippen LogP contribution in [0.3, 0.4) is 0 Å². The fourth-order valence-electron chi connectivity index (χ4n) is 2.65. The molecular weight excluding hydrogens is 409 g/mol. The van der Waals surface area contributed by atoms with E-state index in [-0.39, 0.29) is 16.1 Å². The summed E-state index contributed by atoms with van der Waals surface area (Å²) >= 11 is 0. The van der Waals surface area contributed by atoms with Crippen LogP contribution in [0.25, 0.3) is 0 Å². The van der Waals surface area contributed by atoms with E-state index in [4.69, 9.17) is 11.5 Å². The molecular formula is C18H19F3N4O3S. The van der Waals surface area contributed by atoms with E-state index in [0.717, 1.165) is 24.5 Å². The summed E-state index contributed by atoms with van der Waals surface area (Å²) in [5.41, 5.74) is 10.5. The molecule has 2 aromatic carbocycles. The number of hydrogen-bond acceptors (Lipinski definition) is 4. The summed E-state index contributed by atoms with van der Waals surface area (Å²) in [4.78, 5) is 16.8. The smallest absolute Gasteiger partial charge is 0.370 e. The van der Waals surface area contributed by atoms with Gasteiger partial charge in [-0.2, -0.15) is 18.2 Å². The van der Waals surface area contributed by atoms with Crippen molar-refractivity contribution in [1.29, 1.82) is 0 Å². The standard InChI is InChI=1S/C18H19F3N4O3S/c1-10-8-14(25(2)12-6-4-11(5-7-12)18(19,20)21)15(29(3,27)28)9-13(10)16(26)24-17(22)23/h4-9H,1-3H3,(H4,22,23,24,26). The highest BCUT2D eigenvalue weighted by Crippen LogP contribution is 2.35. The number of carbonyl (C=O) groups excluding carboxylic acids is 1. The van der Waals surface area contributed by atoms with Gasteiger partial charge in [0.05, 0.1) is 16.1 Å². The Morgan fingerprint density at radius 1 is 1.10 bits per heavy atom. The molecule has 0 unspecified atom stereocenters. The molecule has 0 heterocycles. The Balaban J connectivity index is 2.61. The van der Waals surface area contributed by atoms with Crippen LogP contribution >= 0.6 is 0 Å². The van der Waals surface area contributed by atoms with Crippen molar-refractivity contribution in [3.63, 3.8) is 0 Å². The van der Waals surface area contributed by atoms with E-state index in [2.05, 4.69) is 4.99 Å². The summed E-state index contributed by atoms with van der Waals surface area (Å²) in [7, 11) is -2.30. The maximum absolute atomic E-state index is 12.8. The molecule has 1 amide bonds. The summed E-state index contributed by atoms with van der Waals surface area (Å²) < 4.78 is 62.9. The van der Waals surface area contributed by atoms with Crippen LogP contribution < -0.4 is 16.4 Å². The molecule has 0 aliphatic heterocycles. The third kappa shape index (κ3) is 5.05. The van der Waals surface area contributed by atoms with Crippen LogP contribution in [0.15, 0.2) is 46.3 Å². The zero-order chi connectivity index (χ0) is 22.1. The Hall–Kier alpha value is -3.08. The van der Waals surface area contributed by atoms with Crippen molar-refractivity contribution in [3.8, 4) is 0 Å². The molecule has 0 bridgehead atoms. The number of amides is 1. The Morgan fingerprint density at radius 2 is 1.66 bits per heavy atom. The van der Waals surface area contributed by atoms with Gasteiger partial charge in [0.1, 0.15) is 0 Å². The summed E-state index contributed by atoms with van der Waals surface area (Å²) in [5, 5.41) is 0. The van der Waals surface area contributed by atoms with Gasteiger partial charge in [-0.1, -0.05) is 0 Å². The molecule has 0 aromatic heterocycles. The van der Waals surface area contributed by atoms with Crippen molar-refractivity contribution in [3.05, 3.63) is 53.1 Å². The van der Waals surface area contributed by atoms with Gasteiger partial charge in [-0.05, 0) is 48.9 Å². The van der Waals surface area contributed by atoms with Crippen LogP contribution in [0.5, 0.6) is 0 Å². The number of benzene rings is 2. The highest BCUT2D eigenvalue weighted by Gasteiger charge is 2.30. The van der Waals surface area contributed by atoms with E-state index >= 15 is 0 Å². The fourth-order valence-corrected chi connectivity index (χ4v) is 3.56. The lowest BCUT2D eigenvalue weighted by Crippen LogP contribution is -2.24. The molecule has 0 saturated carbocycles. The number of guanidine groups is 1. The van der Waals surface area contributed by atoms with Crippen molar-refractivity contribution in [1.82, 2.24) is 0 Å². The molecule has 2 rings (SSSR count). The Kier molecular flexibility index (Phi) is 5.93. The Labute approximate surface area is 165 Å². The SMILES string of the molecule is Cc1cc(N(C)c2ccc(C(F)(F)F)cc2)c(S(C)(=O)=O)cc1C(=O)N=C(N)N. The lowest BCUT2D eigenvalue weighted by molar-refractivity contribution is -0.137. The average Bonchev–Trinajstić information content (AvgIpc) is 2.58. The van der Waals surface area contributed by atoms with E-state index in [1.807, 2.05) is 0 Å². The topological polar surface area (TPSA) is 119 Å². The van der Waals surface area contributed by atoms with Gasteiger partial charge < -0.3 is 16.4 Å². The number of aliphatic imine (C=N–C) groups is 1. The van der Waals surface area contributed by atoms with Gasteiger partial charge in [0.15, 0.2) is 15.8 Å². The van der Waals surface area contributed by atoms with Crippen LogP contribution in [0.1, 0.15) is 21.5 Å². The Morgan fingerprint density at radius 3 is 2.10 bits per heavy atom. The lowest BCUT2D eigenvalue weighted by Gasteiger charge is -2.24. The van der Waals surface area contributed by atoms with Crippen molar-refractivity contribution >= 4 is 33.1 Å². The minimum atomic E-state index is -4.49. The number of sulfone groups is 1. The molecule has 0 fully saturated rings. The van der Waals surface area contributed by atoms with Crippen LogP contribution in [0.4, 0.5) is 24.5 Å².